The summed E-state index contributed by atoms with van der Waals surface area (Å²) < 4.78 is 28.4. The van der Waals surface area contributed by atoms with Crippen LogP contribution in [0, 0.1) is 11.6 Å². The molecule has 0 atom stereocenters. The van der Waals surface area contributed by atoms with E-state index in [0.29, 0.717) is 5.52 Å². The van der Waals surface area contributed by atoms with E-state index in [1.165, 1.54) is 29.1 Å². The van der Waals surface area contributed by atoms with Crippen molar-refractivity contribution in [2.45, 2.75) is 0 Å². The second-order valence-electron chi connectivity index (χ2n) is 4.17. The van der Waals surface area contributed by atoms with E-state index in [0.717, 1.165) is 6.07 Å². The molecule has 0 aliphatic rings. The number of aromatic carboxylic acids is 1. The van der Waals surface area contributed by atoms with Crippen molar-refractivity contribution < 1.29 is 18.7 Å². The second kappa shape index (κ2) is 4.41. The third-order valence-corrected chi connectivity index (χ3v) is 2.99. The van der Waals surface area contributed by atoms with Gasteiger partial charge >= 0.3 is 5.97 Å². The van der Waals surface area contributed by atoms with Crippen LogP contribution in [0.15, 0.2) is 42.7 Å². The summed E-state index contributed by atoms with van der Waals surface area (Å²) in [5.74, 6) is -3.21. The first-order valence-corrected chi connectivity index (χ1v) is 5.73. The number of nitrogens with zero attached hydrogens (tertiary/aromatic N) is 2. The zero-order valence-corrected chi connectivity index (χ0v) is 10.0. The van der Waals surface area contributed by atoms with Gasteiger partial charge in [0, 0.05) is 0 Å². The van der Waals surface area contributed by atoms with Crippen LogP contribution in [0.25, 0.3) is 16.7 Å². The van der Waals surface area contributed by atoms with E-state index in [9.17, 15) is 18.7 Å². The Morgan fingerprint density at radius 2 is 1.90 bits per heavy atom. The second-order valence-corrected chi connectivity index (χ2v) is 4.17. The van der Waals surface area contributed by atoms with Crippen molar-refractivity contribution in [3.8, 4) is 5.69 Å². The van der Waals surface area contributed by atoms with Crippen LogP contribution in [0.3, 0.4) is 0 Å². The number of benzene rings is 2. The summed E-state index contributed by atoms with van der Waals surface area (Å²) >= 11 is 0. The number of carbonyl (C=O) groups is 1. The molecule has 6 heteroatoms. The van der Waals surface area contributed by atoms with Crippen molar-refractivity contribution in [3.05, 3.63) is 59.9 Å². The average Bonchev–Trinajstić information content (AvgIpc) is 2.85. The summed E-state index contributed by atoms with van der Waals surface area (Å²) in [5.41, 5.74) is 0.517. The Morgan fingerprint density at radius 1 is 1.15 bits per heavy atom. The van der Waals surface area contributed by atoms with E-state index in [1.807, 2.05) is 0 Å². The predicted octanol–water partition coefficient (Wildman–Crippen LogP) is 3.00. The highest BCUT2D eigenvalue weighted by Gasteiger charge is 2.17. The average molecular weight is 274 g/mol. The molecule has 4 nitrogen and oxygen atoms in total. The first kappa shape index (κ1) is 12.3. The van der Waals surface area contributed by atoms with Gasteiger partial charge in [-0.25, -0.2) is 18.6 Å². The summed E-state index contributed by atoms with van der Waals surface area (Å²) in [6.45, 7) is 0. The lowest BCUT2D eigenvalue weighted by atomic mass is 10.1. The molecule has 2 aromatic carbocycles. The number of rotatable bonds is 2. The molecule has 0 amide bonds. The van der Waals surface area contributed by atoms with E-state index < -0.39 is 17.6 Å². The van der Waals surface area contributed by atoms with Crippen LogP contribution in [-0.2, 0) is 0 Å². The van der Waals surface area contributed by atoms with Crippen molar-refractivity contribution in [1.82, 2.24) is 9.55 Å². The molecule has 0 aliphatic carbocycles. The van der Waals surface area contributed by atoms with Gasteiger partial charge in [0.05, 0.1) is 22.3 Å². The SMILES string of the molecule is O=C(O)c1cccc2ncn(-c3cccc(F)c3F)c12. The highest BCUT2D eigenvalue weighted by Crippen LogP contribution is 2.24. The summed E-state index contributed by atoms with van der Waals surface area (Å²) in [6.07, 6.45) is 1.27. The standard InChI is InChI=1S/C14H8F2N2O2/c15-9-4-2-6-11(12(9)16)18-7-17-10-5-1-3-8(13(10)18)14(19)20/h1-7H,(H,19,20). The van der Waals surface area contributed by atoms with Crippen molar-refractivity contribution in [2.75, 3.05) is 0 Å². The van der Waals surface area contributed by atoms with Crippen molar-refractivity contribution in [2.24, 2.45) is 0 Å². The molecular weight excluding hydrogens is 266 g/mol. The lowest BCUT2D eigenvalue weighted by Gasteiger charge is -2.08. The Labute approximate surface area is 111 Å². The smallest absolute Gasteiger partial charge is 0.337 e. The molecule has 1 aromatic heterocycles. The quantitative estimate of drug-likeness (QED) is 0.781. The van der Waals surface area contributed by atoms with Crippen molar-refractivity contribution >= 4 is 17.0 Å². The predicted molar refractivity (Wildman–Crippen MR) is 67.9 cm³/mol. The molecule has 0 saturated heterocycles. The van der Waals surface area contributed by atoms with Gasteiger partial charge in [0.15, 0.2) is 11.6 Å². The number of imidazole rings is 1. The van der Waals surface area contributed by atoms with Gasteiger partial charge in [0.25, 0.3) is 0 Å². The summed E-state index contributed by atoms with van der Waals surface area (Å²) in [6, 6.07) is 8.25. The van der Waals surface area contributed by atoms with Gasteiger partial charge in [0.2, 0.25) is 0 Å². The van der Waals surface area contributed by atoms with Gasteiger partial charge in [-0.2, -0.15) is 0 Å². The molecule has 0 spiro atoms. The Bertz CT molecular complexity index is 827. The molecule has 20 heavy (non-hydrogen) atoms. The minimum Gasteiger partial charge on any atom is -0.478 e. The van der Waals surface area contributed by atoms with Gasteiger partial charge in [-0.3, -0.25) is 4.57 Å². The van der Waals surface area contributed by atoms with Crippen LogP contribution < -0.4 is 0 Å². The molecule has 0 aliphatic heterocycles. The molecule has 0 radical (unpaired) electrons. The van der Waals surface area contributed by atoms with Crippen LogP contribution in [-0.4, -0.2) is 20.6 Å². The highest BCUT2D eigenvalue weighted by molar-refractivity contribution is 6.01. The van der Waals surface area contributed by atoms with Gasteiger partial charge in [0.1, 0.15) is 6.33 Å². The zero-order chi connectivity index (χ0) is 14.3. The number of carboxylic acids is 1. The summed E-state index contributed by atoms with van der Waals surface area (Å²) in [5, 5.41) is 9.19. The Balaban J connectivity index is 2.38. The highest BCUT2D eigenvalue weighted by atomic mass is 19.2. The van der Waals surface area contributed by atoms with E-state index >= 15 is 0 Å². The van der Waals surface area contributed by atoms with Crippen LogP contribution in [0.1, 0.15) is 10.4 Å². The van der Waals surface area contributed by atoms with Crippen LogP contribution in [0.2, 0.25) is 0 Å². The van der Waals surface area contributed by atoms with E-state index in [-0.39, 0.29) is 16.8 Å². The fourth-order valence-electron chi connectivity index (χ4n) is 2.10. The molecule has 0 unspecified atom stereocenters. The minimum absolute atomic E-state index is 0.0244. The largest absolute Gasteiger partial charge is 0.478 e. The third-order valence-electron chi connectivity index (χ3n) is 2.99. The Kier molecular flexibility index (Phi) is 2.71. The number of halogens is 2. The lowest BCUT2D eigenvalue weighted by molar-refractivity contribution is 0.0698. The summed E-state index contributed by atoms with van der Waals surface area (Å²) in [4.78, 5) is 15.3. The van der Waals surface area contributed by atoms with Crippen LogP contribution in [0.5, 0.6) is 0 Å². The van der Waals surface area contributed by atoms with Gasteiger partial charge in [-0.15, -0.1) is 0 Å². The maximum atomic E-state index is 13.9. The molecule has 0 bridgehead atoms. The molecule has 3 rings (SSSR count). The van der Waals surface area contributed by atoms with E-state index in [2.05, 4.69) is 4.98 Å². The molecule has 1 heterocycles. The maximum Gasteiger partial charge on any atom is 0.337 e. The van der Waals surface area contributed by atoms with E-state index in [4.69, 9.17) is 0 Å². The molecule has 1 N–H and O–H groups in total. The maximum absolute atomic E-state index is 13.9. The third kappa shape index (κ3) is 1.73. The van der Waals surface area contributed by atoms with Crippen LogP contribution in [0.4, 0.5) is 8.78 Å². The monoisotopic (exact) mass is 274 g/mol. The Morgan fingerprint density at radius 3 is 2.65 bits per heavy atom. The molecule has 100 valence electrons. The Hall–Kier alpha value is -2.76. The first-order chi connectivity index (χ1) is 9.59. The number of para-hydroxylation sites is 1. The van der Waals surface area contributed by atoms with E-state index in [1.54, 1.807) is 12.1 Å². The van der Waals surface area contributed by atoms with Gasteiger partial charge in [-0.1, -0.05) is 12.1 Å². The van der Waals surface area contributed by atoms with Gasteiger partial charge < -0.3 is 5.11 Å². The summed E-state index contributed by atoms with van der Waals surface area (Å²) in [7, 11) is 0. The number of carboxylic acid groups (broad SMARTS) is 1. The molecule has 3 aromatic rings. The molecule has 0 saturated carbocycles. The van der Waals surface area contributed by atoms with Crippen LogP contribution >= 0.6 is 0 Å². The molecule has 0 fully saturated rings. The number of aromatic nitrogens is 2. The normalized spacial score (nSPS) is 10.9. The topological polar surface area (TPSA) is 55.1 Å². The number of hydrogen-bond acceptors (Lipinski definition) is 2. The van der Waals surface area contributed by atoms with Crippen molar-refractivity contribution in [1.29, 1.82) is 0 Å². The zero-order valence-electron chi connectivity index (χ0n) is 10.0. The number of hydrogen-bond donors (Lipinski definition) is 1. The number of fused-ring (bicyclic) bond motifs is 1. The fourth-order valence-corrected chi connectivity index (χ4v) is 2.10. The molecular formula is C14H8F2N2O2. The van der Waals surface area contributed by atoms with Gasteiger partial charge in [-0.05, 0) is 24.3 Å². The first-order valence-electron chi connectivity index (χ1n) is 5.73. The lowest BCUT2D eigenvalue weighted by Crippen LogP contribution is -2.03. The fraction of sp³-hybridized carbons (Fsp3) is 0. The van der Waals surface area contributed by atoms with Crippen molar-refractivity contribution in [3.63, 3.8) is 0 Å². The minimum atomic E-state index is -1.16.